The molecule has 168 valence electrons. The molecule has 3 aromatic rings. The molecule has 0 saturated carbocycles. The molecule has 2 heterocycles. The lowest BCUT2D eigenvalue weighted by molar-refractivity contribution is 0.0342. The summed E-state index contributed by atoms with van der Waals surface area (Å²) in [5.74, 6) is -0.716. The maximum absolute atomic E-state index is 12.7. The number of nitrogens with one attached hydrogen (secondary N) is 1. The molecule has 0 atom stereocenters. The number of morpholine rings is 1. The van der Waals surface area contributed by atoms with Gasteiger partial charge in [-0.1, -0.05) is 42.5 Å². The predicted octanol–water partition coefficient (Wildman–Crippen LogP) is 3.02. The van der Waals surface area contributed by atoms with Crippen LogP contribution in [0, 0.1) is 0 Å². The molecule has 1 saturated heterocycles. The first-order chi connectivity index (χ1) is 15.5. The minimum atomic E-state index is -3.58. The predicted molar refractivity (Wildman–Crippen MR) is 120 cm³/mol. The number of hydrogen-bond donors (Lipinski definition) is 1. The van der Waals surface area contributed by atoms with Gasteiger partial charge in [0.1, 0.15) is 0 Å². The van der Waals surface area contributed by atoms with Gasteiger partial charge in [-0.3, -0.25) is 9.69 Å². The summed E-state index contributed by atoms with van der Waals surface area (Å²) in [4.78, 5) is 15.3. The molecular formula is C24H26N2O5S. The summed E-state index contributed by atoms with van der Waals surface area (Å²) in [6.07, 6.45) is 1.34. The highest BCUT2D eigenvalue weighted by Gasteiger charge is 2.22. The van der Waals surface area contributed by atoms with Gasteiger partial charge >= 0.3 is 0 Å². The fourth-order valence-corrected chi connectivity index (χ4v) is 5.06. The molecule has 0 unspecified atom stereocenters. The number of nitrogens with zero attached hydrogens (tertiary/aromatic N) is 1. The van der Waals surface area contributed by atoms with Gasteiger partial charge in [-0.25, -0.2) is 8.42 Å². The van der Waals surface area contributed by atoms with E-state index in [4.69, 9.17) is 9.15 Å². The summed E-state index contributed by atoms with van der Waals surface area (Å²) in [5, 5.41) is 2.84. The zero-order chi connectivity index (χ0) is 22.4. The SMILES string of the molecule is O=C(NCc1cccc(CN2CCOCC2)c1)c1occc1CS(=O)(=O)c1ccccc1. The molecule has 7 nitrogen and oxygen atoms in total. The van der Waals surface area contributed by atoms with Crippen molar-refractivity contribution < 1.29 is 22.4 Å². The van der Waals surface area contributed by atoms with Crippen LogP contribution in [0.4, 0.5) is 0 Å². The molecule has 4 rings (SSSR count). The number of sulfone groups is 1. The van der Waals surface area contributed by atoms with E-state index in [1.807, 2.05) is 12.1 Å². The fourth-order valence-electron chi connectivity index (χ4n) is 3.68. The van der Waals surface area contributed by atoms with Crippen LogP contribution in [0.1, 0.15) is 27.2 Å². The fraction of sp³-hybridized carbons (Fsp3) is 0.292. The van der Waals surface area contributed by atoms with E-state index < -0.39 is 15.7 Å². The van der Waals surface area contributed by atoms with E-state index in [1.54, 1.807) is 30.3 Å². The lowest BCUT2D eigenvalue weighted by Crippen LogP contribution is -2.35. The molecule has 0 radical (unpaired) electrons. The second kappa shape index (κ2) is 10.1. The zero-order valence-corrected chi connectivity index (χ0v) is 18.5. The molecule has 0 aliphatic carbocycles. The number of carbonyl (C=O) groups is 1. The van der Waals surface area contributed by atoms with Crippen molar-refractivity contribution in [1.29, 1.82) is 0 Å². The van der Waals surface area contributed by atoms with Gasteiger partial charge in [-0.2, -0.15) is 0 Å². The normalized spacial score (nSPS) is 14.9. The van der Waals surface area contributed by atoms with Crippen molar-refractivity contribution in [1.82, 2.24) is 10.2 Å². The number of benzene rings is 2. The molecule has 0 spiro atoms. The third-order valence-electron chi connectivity index (χ3n) is 5.36. The standard InChI is InChI=1S/C24H26N2O5S/c27-24(23-21(9-12-31-23)18-32(28,29)22-7-2-1-3-8-22)25-16-19-5-4-6-20(15-19)17-26-10-13-30-14-11-26/h1-9,12,15H,10-11,13-14,16-18H2,(H,25,27). The van der Waals surface area contributed by atoms with Gasteiger partial charge in [-0.05, 0) is 29.3 Å². The largest absolute Gasteiger partial charge is 0.459 e. The quantitative estimate of drug-likeness (QED) is 0.563. The Morgan fingerprint density at radius 1 is 0.969 bits per heavy atom. The van der Waals surface area contributed by atoms with Crippen molar-refractivity contribution in [2.24, 2.45) is 0 Å². The Kier molecular flexibility index (Phi) is 7.04. The van der Waals surface area contributed by atoms with Crippen LogP contribution in [0.25, 0.3) is 0 Å². The van der Waals surface area contributed by atoms with Crippen LogP contribution in [0.3, 0.4) is 0 Å². The van der Waals surface area contributed by atoms with E-state index in [2.05, 4.69) is 22.3 Å². The average molecular weight is 455 g/mol. The Labute approximate surface area is 187 Å². The Balaban J connectivity index is 1.38. The molecule has 1 amide bonds. The molecule has 1 aromatic heterocycles. The molecule has 1 N–H and O–H groups in total. The molecular weight excluding hydrogens is 428 g/mol. The Bertz CT molecular complexity index is 1150. The minimum absolute atomic E-state index is 0.0222. The van der Waals surface area contributed by atoms with Crippen molar-refractivity contribution in [3.63, 3.8) is 0 Å². The lowest BCUT2D eigenvalue weighted by atomic mass is 10.1. The monoisotopic (exact) mass is 454 g/mol. The maximum Gasteiger partial charge on any atom is 0.287 e. The third-order valence-corrected chi connectivity index (χ3v) is 7.04. The number of furan rings is 1. The van der Waals surface area contributed by atoms with Crippen molar-refractivity contribution >= 4 is 15.7 Å². The number of ether oxygens (including phenoxy) is 1. The van der Waals surface area contributed by atoms with Gasteiger partial charge in [0.2, 0.25) is 0 Å². The lowest BCUT2D eigenvalue weighted by Gasteiger charge is -2.26. The van der Waals surface area contributed by atoms with E-state index >= 15 is 0 Å². The summed E-state index contributed by atoms with van der Waals surface area (Å²) < 4.78 is 36.1. The van der Waals surface area contributed by atoms with E-state index in [-0.39, 0.29) is 16.4 Å². The van der Waals surface area contributed by atoms with Crippen LogP contribution in [0.5, 0.6) is 0 Å². The van der Waals surface area contributed by atoms with E-state index in [0.717, 1.165) is 38.4 Å². The summed E-state index contributed by atoms with van der Waals surface area (Å²) in [6.45, 7) is 4.48. The molecule has 2 aromatic carbocycles. The topological polar surface area (TPSA) is 88.8 Å². The Morgan fingerprint density at radius 2 is 1.72 bits per heavy atom. The van der Waals surface area contributed by atoms with Crippen molar-refractivity contribution in [3.05, 3.63) is 89.4 Å². The van der Waals surface area contributed by atoms with Gasteiger partial charge in [0.05, 0.1) is 30.1 Å². The van der Waals surface area contributed by atoms with Crippen LogP contribution in [0.15, 0.2) is 76.2 Å². The van der Waals surface area contributed by atoms with E-state index in [9.17, 15) is 13.2 Å². The van der Waals surface area contributed by atoms with Gasteiger partial charge in [0.25, 0.3) is 5.91 Å². The van der Waals surface area contributed by atoms with Crippen molar-refractivity contribution in [2.45, 2.75) is 23.7 Å². The van der Waals surface area contributed by atoms with E-state index in [0.29, 0.717) is 12.1 Å². The Hall–Kier alpha value is -2.94. The van der Waals surface area contributed by atoms with Crippen LogP contribution in [-0.2, 0) is 33.4 Å². The number of amides is 1. The second-order valence-electron chi connectivity index (χ2n) is 7.74. The first-order valence-corrected chi connectivity index (χ1v) is 12.2. The van der Waals surface area contributed by atoms with E-state index in [1.165, 1.54) is 17.9 Å². The first-order valence-electron chi connectivity index (χ1n) is 10.5. The third kappa shape index (κ3) is 5.64. The highest BCUT2D eigenvalue weighted by atomic mass is 32.2. The van der Waals surface area contributed by atoms with Crippen LogP contribution in [-0.4, -0.2) is 45.5 Å². The van der Waals surface area contributed by atoms with Crippen LogP contribution in [0.2, 0.25) is 0 Å². The molecule has 0 bridgehead atoms. The molecule has 1 fully saturated rings. The first kappa shape index (κ1) is 22.3. The van der Waals surface area contributed by atoms with Gasteiger partial charge < -0.3 is 14.5 Å². The van der Waals surface area contributed by atoms with Gasteiger partial charge in [-0.15, -0.1) is 0 Å². The van der Waals surface area contributed by atoms with Crippen molar-refractivity contribution in [3.8, 4) is 0 Å². The summed E-state index contributed by atoms with van der Waals surface area (Å²) in [5.41, 5.74) is 2.48. The smallest absolute Gasteiger partial charge is 0.287 e. The number of hydrogen-bond acceptors (Lipinski definition) is 6. The second-order valence-corrected chi connectivity index (χ2v) is 9.73. The summed E-state index contributed by atoms with van der Waals surface area (Å²) in [6, 6.07) is 17.8. The van der Waals surface area contributed by atoms with Gasteiger partial charge in [0, 0.05) is 31.7 Å². The number of carbonyl (C=O) groups excluding carboxylic acids is 1. The number of rotatable bonds is 8. The van der Waals surface area contributed by atoms with Crippen LogP contribution < -0.4 is 5.32 Å². The molecule has 8 heteroatoms. The molecule has 1 aliphatic heterocycles. The summed E-state index contributed by atoms with van der Waals surface area (Å²) >= 11 is 0. The summed E-state index contributed by atoms with van der Waals surface area (Å²) in [7, 11) is -3.58. The minimum Gasteiger partial charge on any atom is -0.459 e. The highest BCUT2D eigenvalue weighted by Crippen LogP contribution is 2.20. The van der Waals surface area contributed by atoms with Crippen LogP contribution >= 0.6 is 0 Å². The zero-order valence-electron chi connectivity index (χ0n) is 17.7. The highest BCUT2D eigenvalue weighted by molar-refractivity contribution is 7.90. The molecule has 32 heavy (non-hydrogen) atoms. The van der Waals surface area contributed by atoms with Gasteiger partial charge in [0.15, 0.2) is 15.6 Å². The molecule has 1 aliphatic rings. The Morgan fingerprint density at radius 3 is 2.50 bits per heavy atom. The average Bonchev–Trinajstić information content (AvgIpc) is 3.26. The van der Waals surface area contributed by atoms with Crippen molar-refractivity contribution in [2.75, 3.05) is 26.3 Å². The maximum atomic E-state index is 12.7.